The van der Waals surface area contributed by atoms with E-state index in [1.807, 2.05) is 0 Å². The van der Waals surface area contributed by atoms with Crippen molar-refractivity contribution in [2.45, 2.75) is 39.2 Å². The number of nitrogens with two attached hydrogens (primary N) is 1. The summed E-state index contributed by atoms with van der Waals surface area (Å²) in [7, 11) is 0. The zero-order valence-electron chi connectivity index (χ0n) is 10.1. The molecule has 0 heterocycles. The molecule has 0 bridgehead atoms. The zero-order chi connectivity index (χ0) is 13.0. The lowest BCUT2D eigenvalue weighted by Gasteiger charge is -2.14. The molecule has 1 rings (SSSR count). The third kappa shape index (κ3) is 4.04. The maximum atomic E-state index is 13.4. The number of hydrogen-bond acceptors (Lipinski definition) is 1. The van der Waals surface area contributed by atoms with Crippen molar-refractivity contribution in [3.05, 3.63) is 35.1 Å². The monoisotopic (exact) mass is 245 g/mol. The highest BCUT2D eigenvalue weighted by Gasteiger charge is 2.18. The molecule has 1 unspecified atom stereocenters. The van der Waals surface area contributed by atoms with Crippen LogP contribution in [0.2, 0.25) is 0 Å². The van der Waals surface area contributed by atoms with E-state index in [9.17, 15) is 13.2 Å². The first-order chi connectivity index (χ1) is 7.91. The summed E-state index contributed by atoms with van der Waals surface area (Å²) >= 11 is 0. The van der Waals surface area contributed by atoms with Crippen LogP contribution in [0, 0.1) is 23.4 Å². The van der Waals surface area contributed by atoms with Crippen molar-refractivity contribution in [3.8, 4) is 0 Å². The van der Waals surface area contributed by atoms with Gasteiger partial charge in [0.15, 0.2) is 0 Å². The summed E-state index contributed by atoms with van der Waals surface area (Å²) < 4.78 is 39.5. The van der Waals surface area contributed by atoms with Gasteiger partial charge < -0.3 is 5.73 Å². The van der Waals surface area contributed by atoms with Crippen molar-refractivity contribution >= 4 is 0 Å². The molecular formula is C13H18F3N. The van der Waals surface area contributed by atoms with Crippen molar-refractivity contribution in [2.75, 3.05) is 0 Å². The van der Waals surface area contributed by atoms with E-state index >= 15 is 0 Å². The fourth-order valence-corrected chi connectivity index (χ4v) is 1.80. The third-order valence-electron chi connectivity index (χ3n) is 2.71. The summed E-state index contributed by atoms with van der Waals surface area (Å²) in [5.41, 5.74) is 5.52. The van der Waals surface area contributed by atoms with Crippen LogP contribution in [0.15, 0.2) is 12.1 Å². The molecule has 17 heavy (non-hydrogen) atoms. The van der Waals surface area contributed by atoms with Gasteiger partial charge in [0.1, 0.15) is 17.5 Å². The summed E-state index contributed by atoms with van der Waals surface area (Å²) in [6.45, 7) is 4.15. The molecule has 0 aliphatic rings. The Bertz CT molecular complexity index is 354. The topological polar surface area (TPSA) is 26.0 Å². The molecule has 2 N–H and O–H groups in total. The van der Waals surface area contributed by atoms with Gasteiger partial charge in [-0.3, -0.25) is 0 Å². The first-order valence-electron chi connectivity index (χ1n) is 5.81. The molecule has 1 nitrogen and oxygen atoms in total. The average molecular weight is 245 g/mol. The third-order valence-corrected chi connectivity index (χ3v) is 2.71. The molecule has 0 radical (unpaired) electrons. The van der Waals surface area contributed by atoms with Crippen LogP contribution in [0.25, 0.3) is 0 Å². The fraction of sp³-hybridized carbons (Fsp3) is 0.538. The van der Waals surface area contributed by atoms with Crippen molar-refractivity contribution in [1.29, 1.82) is 0 Å². The summed E-state index contributed by atoms with van der Waals surface area (Å²) in [6, 6.07) is 0.621. The second-order valence-electron chi connectivity index (χ2n) is 4.71. The van der Waals surface area contributed by atoms with Gasteiger partial charge in [0, 0.05) is 23.7 Å². The normalized spacial score (nSPS) is 13.1. The molecule has 1 atom stereocenters. The Kier molecular flexibility index (Phi) is 5.00. The highest BCUT2D eigenvalue weighted by atomic mass is 19.1. The molecule has 0 fully saturated rings. The lowest BCUT2D eigenvalue weighted by atomic mass is 9.98. The molecule has 96 valence electrons. The smallest absolute Gasteiger partial charge is 0.133 e. The number of rotatable bonds is 5. The van der Waals surface area contributed by atoms with Gasteiger partial charge in [-0.2, -0.15) is 0 Å². The van der Waals surface area contributed by atoms with Crippen LogP contribution >= 0.6 is 0 Å². The predicted molar refractivity (Wildman–Crippen MR) is 61.9 cm³/mol. The van der Waals surface area contributed by atoms with Crippen LogP contribution in [0.5, 0.6) is 0 Å². The van der Waals surface area contributed by atoms with Gasteiger partial charge in [0.25, 0.3) is 0 Å². The first-order valence-corrected chi connectivity index (χ1v) is 5.81. The van der Waals surface area contributed by atoms with E-state index in [0.29, 0.717) is 24.5 Å². The van der Waals surface area contributed by atoms with E-state index in [1.54, 1.807) is 0 Å². The first kappa shape index (κ1) is 14.0. The Labute approximate surface area is 99.8 Å². The Morgan fingerprint density at radius 1 is 1.06 bits per heavy atom. The average Bonchev–Trinajstić information content (AvgIpc) is 2.14. The standard InChI is InChI=1S/C13H18F3N/c1-8(2)4-3-5-12(17)13-10(15)6-9(14)7-11(13)16/h6-8,12H,3-5,17H2,1-2H3. The van der Waals surface area contributed by atoms with E-state index in [-0.39, 0.29) is 5.56 Å². The molecule has 0 aromatic heterocycles. The van der Waals surface area contributed by atoms with Crippen LogP contribution < -0.4 is 5.73 Å². The van der Waals surface area contributed by atoms with Crippen LogP contribution in [0.4, 0.5) is 13.2 Å². The second kappa shape index (κ2) is 6.05. The summed E-state index contributed by atoms with van der Waals surface area (Å²) in [5.74, 6) is -2.19. The highest BCUT2D eigenvalue weighted by molar-refractivity contribution is 5.23. The molecule has 0 saturated carbocycles. The molecule has 1 aromatic rings. The number of benzene rings is 1. The highest BCUT2D eigenvalue weighted by Crippen LogP contribution is 2.24. The Balaban J connectivity index is 2.72. The Morgan fingerprint density at radius 3 is 2.06 bits per heavy atom. The van der Waals surface area contributed by atoms with E-state index < -0.39 is 23.5 Å². The fourth-order valence-electron chi connectivity index (χ4n) is 1.80. The van der Waals surface area contributed by atoms with E-state index in [0.717, 1.165) is 12.8 Å². The largest absolute Gasteiger partial charge is 0.324 e. The number of hydrogen-bond donors (Lipinski definition) is 1. The molecule has 0 amide bonds. The summed E-state index contributed by atoms with van der Waals surface area (Å²) in [4.78, 5) is 0. The van der Waals surface area contributed by atoms with Crippen LogP contribution in [-0.4, -0.2) is 0 Å². The molecule has 4 heteroatoms. The maximum Gasteiger partial charge on any atom is 0.133 e. The van der Waals surface area contributed by atoms with Crippen molar-refractivity contribution in [2.24, 2.45) is 11.7 Å². The van der Waals surface area contributed by atoms with Gasteiger partial charge in [-0.25, -0.2) is 13.2 Å². The minimum absolute atomic E-state index is 0.213. The predicted octanol–water partition coefficient (Wildman–Crippen LogP) is 3.93. The van der Waals surface area contributed by atoms with Crippen LogP contribution in [0.1, 0.15) is 44.7 Å². The summed E-state index contributed by atoms with van der Waals surface area (Å²) in [6.07, 6.45) is 2.25. The SMILES string of the molecule is CC(C)CCCC(N)c1c(F)cc(F)cc1F. The van der Waals surface area contributed by atoms with Crippen LogP contribution in [0.3, 0.4) is 0 Å². The molecule has 0 saturated heterocycles. The zero-order valence-corrected chi connectivity index (χ0v) is 10.1. The molecule has 0 aliphatic heterocycles. The van der Waals surface area contributed by atoms with Gasteiger partial charge in [-0.15, -0.1) is 0 Å². The Hall–Kier alpha value is -1.03. The van der Waals surface area contributed by atoms with Crippen molar-refractivity contribution in [1.82, 2.24) is 0 Å². The van der Waals surface area contributed by atoms with Crippen molar-refractivity contribution in [3.63, 3.8) is 0 Å². The van der Waals surface area contributed by atoms with Gasteiger partial charge in [-0.1, -0.05) is 26.7 Å². The van der Waals surface area contributed by atoms with Gasteiger partial charge >= 0.3 is 0 Å². The lowest BCUT2D eigenvalue weighted by Crippen LogP contribution is -2.15. The molecular weight excluding hydrogens is 227 g/mol. The minimum Gasteiger partial charge on any atom is -0.324 e. The lowest BCUT2D eigenvalue weighted by molar-refractivity contribution is 0.465. The second-order valence-corrected chi connectivity index (χ2v) is 4.71. The maximum absolute atomic E-state index is 13.4. The minimum atomic E-state index is -0.918. The van der Waals surface area contributed by atoms with Gasteiger partial charge in [0.2, 0.25) is 0 Å². The van der Waals surface area contributed by atoms with Crippen molar-refractivity contribution < 1.29 is 13.2 Å². The van der Waals surface area contributed by atoms with Crippen LogP contribution in [-0.2, 0) is 0 Å². The van der Waals surface area contributed by atoms with Gasteiger partial charge in [-0.05, 0) is 12.3 Å². The summed E-state index contributed by atoms with van der Waals surface area (Å²) in [5, 5.41) is 0. The quantitative estimate of drug-likeness (QED) is 0.835. The number of halogens is 3. The van der Waals surface area contributed by atoms with Gasteiger partial charge in [0.05, 0.1) is 0 Å². The molecule has 0 spiro atoms. The molecule has 1 aromatic carbocycles. The van der Waals surface area contributed by atoms with E-state index in [1.165, 1.54) is 0 Å². The van der Waals surface area contributed by atoms with E-state index in [2.05, 4.69) is 13.8 Å². The molecule has 0 aliphatic carbocycles. The Morgan fingerprint density at radius 2 is 1.59 bits per heavy atom. The van der Waals surface area contributed by atoms with E-state index in [4.69, 9.17) is 5.73 Å².